The molecule has 142 valence electrons. The van der Waals surface area contributed by atoms with Gasteiger partial charge in [0, 0.05) is 23.5 Å². The predicted octanol–water partition coefficient (Wildman–Crippen LogP) is 4.50. The summed E-state index contributed by atoms with van der Waals surface area (Å²) in [4.78, 5) is 24.0. The van der Waals surface area contributed by atoms with Gasteiger partial charge in [-0.15, -0.1) is 0 Å². The van der Waals surface area contributed by atoms with Gasteiger partial charge in [-0.2, -0.15) is 12.6 Å². The van der Waals surface area contributed by atoms with Crippen LogP contribution < -0.4 is 0 Å². The summed E-state index contributed by atoms with van der Waals surface area (Å²) in [6.45, 7) is 4.81. The third kappa shape index (κ3) is 2.03. The number of hydrogen-bond donors (Lipinski definition) is 1. The van der Waals surface area contributed by atoms with Crippen LogP contribution in [0.1, 0.15) is 71.6 Å². The van der Waals surface area contributed by atoms with Crippen molar-refractivity contribution in [1.82, 2.24) is 0 Å². The van der Waals surface area contributed by atoms with Crippen LogP contribution >= 0.6 is 12.6 Å². The summed E-state index contributed by atoms with van der Waals surface area (Å²) < 4.78 is 6.02. The van der Waals surface area contributed by atoms with E-state index in [2.05, 4.69) is 13.8 Å². The Kier molecular flexibility index (Phi) is 3.60. The van der Waals surface area contributed by atoms with Crippen LogP contribution in [0.3, 0.4) is 0 Å². The van der Waals surface area contributed by atoms with Crippen molar-refractivity contribution in [2.75, 3.05) is 0 Å². The van der Waals surface area contributed by atoms with Crippen LogP contribution in [-0.2, 0) is 14.3 Å². The standard InChI is InChI=1S/C22H30O3S/c1-20-7-3-14(23)11-13(20)12-17(26)19-15(20)4-8-21(2)16(19)5-9-22(21)10-6-18(24)25-22/h11,15-17,19,26H,3-10,12H2,1-2H3/t15-,16-,17?,19+,20-,21-,22-/m0/s1. The number of fused-ring (bicyclic) bond motifs is 6. The number of thiol groups is 1. The molecular formula is C22H30O3S. The van der Waals surface area contributed by atoms with Gasteiger partial charge in [-0.3, -0.25) is 9.59 Å². The number of esters is 1. The minimum absolute atomic E-state index is 0.00282. The molecule has 3 saturated carbocycles. The fourth-order valence-corrected chi connectivity index (χ4v) is 8.44. The molecule has 3 nitrogen and oxygen atoms in total. The molecule has 7 atom stereocenters. The molecule has 1 spiro atoms. The second-order valence-corrected chi connectivity index (χ2v) is 10.7. The van der Waals surface area contributed by atoms with Crippen molar-refractivity contribution in [1.29, 1.82) is 0 Å². The van der Waals surface area contributed by atoms with Crippen molar-refractivity contribution in [2.24, 2.45) is 28.6 Å². The molecule has 1 unspecified atom stereocenters. The SMILES string of the molecule is C[C@]12CCC(=O)C=C1CC(S)[C@@H]1[C@@H]2CC[C@@]2(C)[C@H]1CC[C@]21CCC(=O)O1. The molecule has 0 aromatic heterocycles. The first-order valence-corrected chi connectivity index (χ1v) is 10.9. The zero-order valence-electron chi connectivity index (χ0n) is 15.9. The zero-order valence-corrected chi connectivity index (χ0v) is 16.8. The number of hydrogen-bond acceptors (Lipinski definition) is 4. The molecule has 0 radical (unpaired) electrons. The average molecular weight is 375 g/mol. The van der Waals surface area contributed by atoms with Gasteiger partial charge < -0.3 is 4.74 Å². The minimum atomic E-state index is -0.216. The number of ether oxygens (including phenoxy) is 1. The summed E-state index contributed by atoms with van der Waals surface area (Å²) in [5.41, 5.74) is 1.41. The highest BCUT2D eigenvalue weighted by atomic mass is 32.1. The molecule has 4 fully saturated rings. The highest BCUT2D eigenvalue weighted by molar-refractivity contribution is 7.81. The van der Waals surface area contributed by atoms with E-state index in [4.69, 9.17) is 17.4 Å². The Morgan fingerprint density at radius 2 is 1.81 bits per heavy atom. The first-order valence-electron chi connectivity index (χ1n) is 10.4. The molecule has 0 bridgehead atoms. The molecule has 5 rings (SSSR count). The molecule has 4 aliphatic carbocycles. The van der Waals surface area contributed by atoms with Crippen LogP contribution in [0.15, 0.2) is 11.6 Å². The maximum atomic E-state index is 12.0. The number of ketones is 1. The lowest BCUT2D eigenvalue weighted by Gasteiger charge is -2.60. The van der Waals surface area contributed by atoms with E-state index in [-0.39, 0.29) is 22.4 Å². The third-order valence-electron chi connectivity index (χ3n) is 9.32. The topological polar surface area (TPSA) is 43.4 Å². The van der Waals surface area contributed by atoms with Crippen LogP contribution in [0.5, 0.6) is 0 Å². The van der Waals surface area contributed by atoms with E-state index in [1.165, 1.54) is 12.0 Å². The Bertz CT molecular complexity index is 714. The molecule has 0 N–H and O–H groups in total. The number of allylic oxidation sites excluding steroid dienone is 1. The Hall–Kier alpha value is -0.770. The molecule has 0 aromatic carbocycles. The second kappa shape index (κ2) is 5.40. The van der Waals surface area contributed by atoms with E-state index in [0.29, 0.717) is 41.6 Å². The van der Waals surface area contributed by atoms with Gasteiger partial charge in [-0.1, -0.05) is 19.4 Å². The molecule has 0 amide bonds. The molecule has 1 aliphatic heterocycles. The highest BCUT2D eigenvalue weighted by Crippen LogP contribution is 2.70. The summed E-state index contributed by atoms with van der Waals surface area (Å²) in [6, 6.07) is 0. The molecule has 1 saturated heterocycles. The normalized spacial score (nSPS) is 53.0. The van der Waals surface area contributed by atoms with Crippen LogP contribution in [0.2, 0.25) is 0 Å². The fraction of sp³-hybridized carbons (Fsp3) is 0.818. The van der Waals surface area contributed by atoms with Crippen molar-refractivity contribution in [3.63, 3.8) is 0 Å². The highest BCUT2D eigenvalue weighted by Gasteiger charge is 2.68. The van der Waals surface area contributed by atoms with Gasteiger partial charge in [0.1, 0.15) is 5.60 Å². The Labute approximate surface area is 161 Å². The number of carbonyl (C=O) groups excluding carboxylic acids is 2. The Morgan fingerprint density at radius 1 is 1.04 bits per heavy atom. The van der Waals surface area contributed by atoms with Crippen LogP contribution in [0, 0.1) is 28.6 Å². The summed E-state index contributed by atoms with van der Waals surface area (Å²) in [5, 5.41) is 0.321. The largest absolute Gasteiger partial charge is 0.458 e. The molecule has 5 aliphatic rings. The quantitative estimate of drug-likeness (QED) is 0.501. The molecule has 4 heteroatoms. The molecule has 0 aromatic rings. The summed E-state index contributed by atoms with van der Waals surface area (Å²) >= 11 is 5.07. The number of carbonyl (C=O) groups is 2. The van der Waals surface area contributed by atoms with E-state index >= 15 is 0 Å². The van der Waals surface area contributed by atoms with E-state index in [1.807, 2.05) is 6.08 Å². The lowest BCUT2D eigenvalue weighted by molar-refractivity contribution is -0.167. The van der Waals surface area contributed by atoms with Gasteiger partial charge in [0.2, 0.25) is 0 Å². The monoisotopic (exact) mass is 374 g/mol. The van der Waals surface area contributed by atoms with Gasteiger partial charge in [0.15, 0.2) is 5.78 Å². The summed E-state index contributed by atoms with van der Waals surface area (Å²) in [5.74, 6) is 2.08. The van der Waals surface area contributed by atoms with Gasteiger partial charge >= 0.3 is 5.97 Å². The minimum Gasteiger partial charge on any atom is -0.458 e. The van der Waals surface area contributed by atoms with Gasteiger partial charge in [-0.05, 0) is 74.2 Å². The first-order chi connectivity index (χ1) is 12.3. The number of rotatable bonds is 0. The smallest absolute Gasteiger partial charge is 0.306 e. The van der Waals surface area contributed by atoms with Gasteiger partial charge in [0.25, 0.3) is 0 Å². The molecule has 1 heterocycles. The van der Waals surface area contributed by atoms with Crippen molar-refractivity contribution in [2.45, 2.75) is 82.5 Å². The van der Waals surface area contributed by atoms with Crippen molar-refractivity contribution in [3.8, 4) is 0 Å². The lowest BCUT2D eigenvalue weighted by atomic mass is 9.46. The van der Waals surface area contributed by atoms with Crippen LogP contribution in [0.4, 0.5) is 0 Å². The molecule has 26 heavy (non-hydrogen) atoms. The average Bonchev–Trinajstić information content (AvgIpc) is 3.11. The van der Waals surface area contributed by atoms with Crippen molar-refractivity contribution >= 4 is 24.4 Å². The maximum absolute atomic E-state index is 12.0. The van der Waals surface area contributed by atoms with E-state index in [0.717, 1.165) is 38.5 Å². The van der Waals surface area contributed by atoms with Crippen LogP contribution in [-0.4, -0.2) is 22.6 Å². The third-order valence-corrected chi connectivity index (χ3v) is 9.84. The van der Waals surface area contributed by atoms with Crippen LogP contribution in [0.25, 0.3) is 0 Å². The summed E-state index contributed by atoms with van der Waals surface area (Å²) in [6.07, 6.45) is 10.6. The van der Waals surface area contributed by atoms with E-state index in [1.54, 1.807) is 0 Å². The second-order valence-electron chi connectivity index (χ2n) is 10.1. The van der Waals surface area contributed by atoms with Crippen molar-refractivity contribution < 1.29 is 14.3 Å². The van der Waals surface area contributed by atoms with Crippen molar-refractivity contribution in [3.05, 3.63) is 11.6 Å². The Morgan fingerprint density at radius 3 is 2.54 bits per heavy atom. The summed E-state index contributed by atoms with van der Waals surface area (Å²) in [7, 11) is 0. The molecular weight excluding hydrogens is 344 g/mol. The van der Waals surface area contributed by atoms with E-state index in [9.17, 15) is 9.59 Å². The Balaban J connectivity index is 1.53. The van der Waals surface area contributed by atoms with Gasteiger partial charge in [-0.25, -0.2) is 0 Å². The van der Waals surface area contributed by atoms with E-state index < -0.39 is 0 Å². The first kappa shape index (κ1) is 17.3. The maximum Gasteiger partial charge on any atom is 0.306 e. The fourth-order valence-electron chi connectivity index (χ4n) is 7.82. The zero-order chi connectivity index (χ0) is 18.3. The lowest BCUT2D eigenvalue weighted by Crippen LogP contribution is -2.57. The van der Waals surface area contributed by atoms with Gasteiger partial charge in [0.05, 0.1) is 0 Å². The predicted molar refractivity (Wildman–Crippen MR) is 103 cm³/mol.